The standard InChI is InChI=1S/C9H10F3NO/c1-14-8-3-2-7(13)4-6(8)5-9(10,11)12/h2-4H,5,13H2,1H3. The van der Waals surface area contributed by atoms with Gasteiger partial charge in [-0.15, -0.1) is 0 Å². The Morgan fingerprint density at radius 3 is 2.50 bits per heavy atom. The first-order valence-electron chi connectivity index (χ1n) is 3.91. The van der Waals surface area contributed by atoms with Gasteiger partial charge in [0.1, 0.15) is 5.75 Å². The lowest BCUT2D eigenvalue weighted by atomic mass is 10.1. The maximum Gasteiger partial charge on any atom is 0.393 e. The third kappa shape index (κ3) is 2.83. The Kier molecular flexibility index (Phi) is 2.88. The van der Waals surface area contributed by atoms with Crippen molar-refractivity contribution in [3.63, 3.8) is 0 Å². The monoisotopic (exact) mass is 205 g/mol. The lowest BCUT2D eigenvalue weighted by molar-refractivity contribution is -0.127. The van der Waals surface area contributed by atoms with Crippen LogP contribution in [0.1, 0.15) is 5.56 Å². The quantitative estimate of drug-likeness (QED) is 0.752. The lowest BCUT2D eigenvalue weighted by Crippen LogP contribution is -2.12. The van der Waals surface area contributed by atoms with E-state index in [9.17, 15) is 13.2 Å². The van der Waals surface area contributed by atoms with E-state index in [1.54, 1.807) is 0 Å². The smallest absolute Gasteiger partial charge is 0.393 e. The van der Waals surface area contributed by atoms with Crippen LogP contribution >= 0.6 is 0 Å². The van der Waals surface area contributed by atoms with Crippen LogP contribution in [0.3, 0.4) is 0 Å². The highest BCUT2D eigenvalue weighted by atomic mass is 19.4. The molecule has 0 aliphatic carbocycles. The summed E-state index contributed by atoms with van der Waals surface area (Å²) >= 11 is 0. The number of halogens is 3. The van der Waals surface area contributed by atoms with Crippen molar-refractivity contribution in [2.24, 2.45) is 0 Å². The molecule has 0 unspecified atom stereocenters. The molecular weight excluding hydrogens is 195 g/mol. The second-order valence-corrected chi connectivity index (χ2v) is 2.86. The molecule has 2 nitrogen and oxygen atoms in total. The number of ether oxygens (including phenoxy) is 1. The third-order valence-corrected chi connectivity index (χ3v) is 1.70. The molecule has 0 bridgehead atoms. The zero-order chi connectivity index (χ0) is 10.8. The van der Waals surface area contributed by atoms with Crippen molar-refractivity contribution in [1.29, 1.82) is 0 Å². The molecule has 78 valence electrons. The first-order valence-corrected chi connectivity index (χ1v) is 3.91. The van der Waals surface area contributed by atoms with E-state index in [0.717, 1.165) is 0 Å². The van der Waals surface area contributed by atoms with E-state index in [0.29, 0.717) is 5.69 Å². The molecule has 0 aliphatic heterocycles. The average Bonchev–Trinajstić information content (AvgIpc) is 2.01. The van der Waals surface area contributed by atoms with E-state index >= 15 is 0 Å². The lowest BCUT2D eigenvalue weighted by Gasteiger charge is -2.11. The molecule has 0 aromatic heterocycles. The number of methoxy groups -OCH3 is 1. The molecule has 0 saturated heterocycles. The van der Waals surface area contributed by atoms with Crippen LogP contribution in [0.2, 0.25) is 0 Å². The third-order valence-electron chi connectivity index (χ3n) is 1.70. The van der Waals surface area contributed by atoms with Gasteiger partial charge in [0.25, 0.3) is 0 Å². The number of nitrogen functional groups attached to an aromatic ring is 1. The summed E-state index contributed by atoms with van der Waals surface area (Å²) in [4.78, 5) is 0. The number of hydrogen-bond donors (Lipinski definition) is 1. The predicted molar refractivity (Wildman–Crippen MR) is 47.2 cm³/mol. The van der Waals surface area contributed by atoms with Crippen molar-refractivity contribution in [3.05, 3.63) is 23.8 Å². The molecule has 2 N–H and O–H groups in total. The van der Waals surface area contributed by atoms with Crippen molar-refractivity contribution in [3.8, 4) is 5.75 Å². The first-order chi connectivity index (χ1) is 6.42. The van der Waals surface area contributed by atoms with Crippen LogP contribution in [0, 0.1) is 0 Å². The number of rotatable bonds is 2. The summed E-state index contributed by atoms with van der Waals surface area (Å²) < 4.78 is 41.1. The van der Waals surface area contributed by atoms with Crippen LogP contribution in [-0.4, -0.2) is 13.3 Å². The molecule has 1 rings (SSSR count). The summed E-state index contributed by atoms with van der Waals surface area (Å²) in [5, 5.41) is 0. The van der Waals surface area contributed by atoms with Gasteiger partial charge in [0.15, 0.2) is 0 Å². The van der Waals surface area contributed by atoms with Gasteiger partial charge in [-0.2, -0.15) is 13.2 Å². The molecule has 0 spiro atoms. The van der Waals surface area contributed by atoms with Crippen molar-refractivity contribution >= 4 is 5.69 Å². The maximum atomic E-state index is 12.1. The second-order valence-electron chi connectivity index (χ2n) is 2.86. The normalized spacial score (nSPS) is 11.4. The van der Waals surface area contributed by atoms with E-state index in [1.807, 2.05) is 0 Å². The Morgan fingerprint density at radius 2 is 2.00 bits per heavy atom. The Labute approximate surface area is 79.5 Å². The van der Waals surface area contributed by atoms with Gasteiger partial charge >= 0.3 is 6.18 Å². The van der Waals surface area contributed by atoms with Gasteiger partial charge in [-0.05, 0) is 18.2 Å². The molecule has 1 aromatic carbocycles. The number of anilines is 1. The summed E-state index contributed by atoms with van der Waals surface area (Å²) in [6, 6.07) is 4.20. The number of alkyl halides is 3. The SMILES string of the molecule is COc1ccc(N)cc1CC(F)(F)F. The van der Waals surface area contributed by atoms with Crippen LogP contribution in [-0.2, 0) is 6.42 Å². The molecule has 0 heterocycles. The molecule has 5 heteroatoms. The molecular formula is C9H10F3NO. The van der Waals surface area contributed by atoms with E-state index in [2.05, 4.69) is 0 Å². The molecule has 0 saturated carbocycles. The van der Waals surface area contributed by atoms with Crippen LogP contribution in [0.15, 0.2) is 18.2 Å². The highest BCUT2D eigenvalue weighted by molar-refractivity contribution is 5.48. The Balaban J connectivity index is 2.99. The van der Waals surface area contributed by atoms with Gasteiger partial charge in [-0.25, -0.2) is 0 Å². The highest BCUT2D eigenvalue weighted by Gasteiger charge is 2.29. The maximum absolute atomic E-state index is 12.1. The van der Waals surface area contributed by atoms with Gasteiger partial charge < -0.3 is 10.5 Å². The minimum atomic E-state index is -4.25. The summed E-state index contributed by atoms with van der Waals surface area (Å²) in [7, 11) is 1.32. The number of nitrogens with two attached hydrogens (primary N) is 1. The first kappa shape index (κ1) is 10.7. The Morgan fingerprint density at radius 1 is 1.36 bits per heavy atom. The summed E-state index contributed by atoms with van der Waals surface area (Å²) in [6.45, 7) is 0. The van der Waals surface area contributed by atoms with E-state index in [1.165, 1.54) is 25.3 Å². The Bertz CT molecular complexity index is 322. The largest absolute Gasteiger partial charge is 0.496 e. The Hall–Kier alpha value is -1.39. The fourth-order valence-electron chi connectivity index (χ4n) is 1.15. The summed E-state index contributed by atoms with van der Waals surface area (Å²) in [5.74, 6) is 0.205. The molecule has 0 amide bonds. The van der Waals surface area contributed by atoms with Crippen molar-refractivity contribution in [1.82, 2.24) is 0 Å². The van der Waals surface area contributed by atoms with Crippen LogP contribution in [0.5, 0.6) is 5.75 Å². The van der Waals surface area contributed by atoms with E-state index in [4.69, 9.17) is 10.5 Å². The van der Waals surface area contributed by atoms with Gasteiger partial charge in [-0.3, -0.25) is 0 Å². The zero-order valence-electron chi connectivity index (χ0n) is 7.56. The summed E-state index contributed by atoms with van der Waals surface area (Å²) in [6.07, 6.45) is -5.28. The number of benzene rings is 1. The highest BCUT2D eigenvalue weighted by Crippen LogP contribution is 2.28. The molecule has 0 fully saturated rings. The van der Waals surface area contributed by atoms with Gasteiger partial charge in [0, 0.05) is 11.3 Å². The minimum absolute atomic E-state index is 0.0556. The number of hydrogen-bond acceptors (Lipinski definition) is 2. The second kappa shape index (κ2) is 3.77. The fourth-order valence-corrected chi connectivity index (χ4v) is 1.15. The minimum Gasteiger partial charge on any atom is -0.496 e. The van der Waals surface area contributed by atoms with Crippen molar-refractivity contribution in [2.45, 2.75) is 12.6 Å². The van der Waals surface area contributed by atoms with Gasteiger partial charge in [0.05, 0.1) is 13.5 Å². The van der Waals surface area contributed by atoms with Crippen LogP contribution < -0.4 is 10.5 Å². The fraction of sp³-hybridized carbons (Fsp3) is 0.333. The van der Waals surface area contributed by atoms with Crippen LogP contribution in [0.25, 0.3) is 0 Å². The molecule has 14 heavy (non-hydrogen) atoms. The summed E-state index contributed by atoms with van der Waals surface area (Å²) in [5.41, 5.74) is 5.73. The molecule has 0 atom stereocenters. The molecule has 0 radical (unpaired) electrons. The predicted octanol–water partition coefficient (Wildman–Crippen LogP) is 2.38. The van der Waals surface area contributed by atoms with E-state index in [-0.39, 0.29) is 11.3 Å². The van der Waals surface area contributed by atoms with Gasteiger partial charge in [-0.1, -0.05) is 0 Å². The van der Waals surface area contributed by atoms with E-state index < -0.39 is 12.6 Å². The average molecular weight is 205 g/mol. The van der Waals surface area contributed by atoms with Crippen LogP contribution in [0.4, 0.5) is 18.9 Å². The topological polar surface area (TPSA) is 35.2 Å². The van der Waals surface area contributed by atoms with Crippen molar-refractivity contribution < 1.29 is 17.9 Å². The molecule has 1 aromatic rings. The zero-order valence-corrected chi connectivity index (χ0v) is 7.56. The van der Waals surface area contributed by atoms with Crippen molar-refractivity contribution in [2.75, 3.05) is 12.8 Å². The molecule has 0 aliphatic rings. The van der Waals surface area contributed by atoms with Gasteiger partial charge in [0.2, 0.25) is 0 Å².